The summed E-state index contributed by atoms with van der Waals surface area (Å²) in [5.41, 5.74) is 0.286. The third kappa shape index (κ3) is 5.69. The summed E-state index contributed by atoms with van der Waals surface area (Å²) in [6.45, 7) is 0.0758. The van der Waals surface area contributed by atoms with Gasteiger partial charge in [-0.25, -0.2) is 0 Å². The Hall–Kier alpha value is -0.100. The van der Waals surface area contributed by atoms with Crippen molar-refractivity contribution in [1.29, 1.82) is 10.8 Å². The number of alkyl halides is 6. The Kier molecular flexibility index (Phi) is 6.68. The van der Waals surface area contributed by atoms with Gasteiger partial charge in [-0.1, -0.05) is 99.9 Å². The molecule has 1 aromatic rings. The molecule has 138 valence electrons. The van der Waals surface area contributed by atoms with Crippen LogP contribution in [0.3, 0.4) is 0 Å². The van der Waals surface area contributed by atoms with Crippen LogP contribution in [0, 0.1) is 16.2 Å². The second-order valence-electron chi connectivity index (χ2n) is 5.71. The zero-order valence-corrected chi connectivity index (χ0v) is 17.2. The van der Waals surface area contributed by atoms with Crippen LogP contribution in [0.25, 0.3) is 0 Å². The van der Waals surface area contributed by atoms with Gasteiger partial charge in [0.1, 0.15) is 6.10 Å². The zero-order valence-electron chi connectivity index (χ0n) is 12.7. The van der Waals surface area contributed by atoms with Crippen molar-refractivity contribution in [3.63, 3.8) is 0 Å². The lowest BCUT2D eigenvalue weighted by molar-refractivity contribution is 0.0610. The van der Waals surface area contributed by atoms with Gasteiger partial charge in [-0.2, -0.15) is 0 Å². The van der Waals surface area contributed by atoms with Crippen LogP contribution in [0.1, 0.15) is 24.5 Å². The fraction of sp³-hybridized carbons (Fsp3) is 0.467. The quantitative estimate of drug-likeness (QED) is 0.306. The fourth-order valence-electron chi connectivity index (χ4n) is 2.30. The average Bonchev–Trinajstić information content (AvgIpc) is 3.30. The summed E-state index contributed by atoms with van der Waals surface area (Å²) in [5, 5.41) is 15.5. The van der Waals surface area contributed by atoms with E-state index in [4.69, 9.17) is 89.9 Å². The van der Waals surface area contributed by atoms with Crippen molar-refractivity contribution in [3.8, 4) is 0 Å². The number of halogens is 6. The van der Waals surface area contributed by atoms with Crippen molar-refractivity contribution >= 4 is 81.4 Å². The molecule has 0 aromatic heterocycles. The molecular weight excluding hydrogens is 453 g/mol. The molecule has 0 spiro atoms. The van der Waals surface area contributed by atoms with E-state index in [1.165, 1.54) is 0 Å². The maximum atomic E-state index is 7.88. The van der Waals surface area contributed by atoms with E-state index in [0.29, 0.717) is 0 Å². The minimum Gasteiger partial charge on any atom is -0.477 e. The molecule has 1 atom stereocenters. The lowest BCUT2D eigenvalue weighted by Gasteiger charge is -2.30. The number of benzene rings is 1. The van der Waals surface area contributed by atoms with E-state index in [1.54, 1.807) is 0 Å². The zero-order chi connectivity index (χ0) is 18.9. The average molecular weight is 467 g/mol. The maximum Gasteiger partial charge on any atom is 0.265 e. The van der Waals surface area contributed by atoms with Gasteiger partial charge in [0.15, 0.2) is 0 Å². The molecule has 0 bridgehead atoms. The topological polar surface area (TPSA) is 66.2 Å². The number of hydrogen-bond donors (Lipinski definition) is 2. The van der Waals surface area contributed by atoms with Gasteiger partial charge in [-0.15, -0.1) is 0 Å². The first kappa shape index (κ1) is 21.2. The van der Waals surface area contributed by atoms with E-state index in [1.807, 2.05) is 30.3 Å². The summed E-state index contributed by atoms with van der Waals surface area (Å²) in [4.78, 5) is 0. The Balaban J connectivity index is 2.20. The van der Waals surface area contributed by atoms with Crippen molar-refractivity contribution in [2.24, 2.45) is 5.41 Å². The summed E-state index contributed by atoms with van der Waals surface area (Å²) >= 11 is 34.1. The number of nitrogens with one attached hydrogen (secondary N) is 2. The van der Waals surface area contributed by atoms with Crippen molar-refractivity contribution in [2.75, 3.05) is 6.61 Å². The van der Waals surface area contributed by atoms with Crippen molar-refractivity contribution in [3.05, 3.63) is 35.9 Å². The van der Waals surface area contributed by atoms with Gasteiger partial charge < -0.3 is 9.47 Å². The van der Waals surface area contributed by atoms with Gasteiger partial charge in [-0.3, -0.25) is 10.8 Å². The first-order valence-corrected chi connectivity index (χ1v) is 9.38. The van der Waals surface area contributed by atoms with Crippen LogP contribution in [0.5, 0.6) is 0 Å². The van der Waals surface area contributed by atoms with Gasteiger partial charge in [0, 0.05) is 5.41 Å². The van der Waals surface area contributed by atoms with Crippen LogP contribution < -0.4 is 0 Å². The summed E-state index contributed by atoms with van der Waals surface area (Å²) in [5.74, 6) is -0.971. The summed E-state index contributed by atoms with van der Waals surface area (Å²) in [7, 11) is 0. The largest absolute Gasteiger partial charge is 0.477 e. The van der Waals surface area contributed by atoms with Crippen LogP contribution in [0.15, 0.2) is 30.3 Å². The predicted octanol–water partition coefficient (Wildman–Crippen LogP) is 6.24. The Morgan fingerprint density at radius 3 is 1.92 bits per heavy atom. The van der Waals surface area contributed by atoms with Crippen LogP contribution >= 0.6 is 69.6 Å². The number of ether oxygens (including phenoxy) is 2. The summed E-state index contributed by atoms with van der Waals surface area (Å²) < 4.78 is 7.11. The highest BCUT2D eigenvalue weighted by molar-refractivity contribution is 6.76. The Morgan fingerprint density at radius 2 is 1.48 bits per heavy atom. The number of rotatable bonds is 5. The van der Waals surface area contributed by atoms with Gasteiger partial charge in [0.2, 0.25) is 11.8 Å². The Morgan fingerprint density at radius 1 is 0.960 bits per heavy atom. The van der Waals surface area contributed by atoms with Crippen molar-refractivity contribution < 1.29 is 9.47 Å². The van der Waals surface area contributed by atoms with E-state index >= 15 is 0 Å². The molecule has 0 heterocycles. The number of hydrogen-bond acceptors (Lipinski definition) is 4. The molecular formula is C15H14Cl6N2O2. The van der Waals surface area contributed by atoms with Crippen molar-refractivity contribution in [1.82, 2.24) is 0 Å². The summed E-state index contributed by atoms with van der Waals surface area (Å²) in [6.07, 6.45) is 0.861. The molecule has 0 aliphatic heterocycles. The van der Waals surface area contributed by atoms with E-state index in [0.717, 1.165) is 18.4 Å². The van der Waals surface area contributed by atoms with Crippen LogP contribution in [-0.4, -0.2) is 26.0 Å². The second-order valence-corrected chi connectivity index (χ2v) is 10.3. The van der Waals surface area contributed by atoms with Crippen LogP contribution in [0.4, 0.5) is 0 Å². The van der Waals surface area contributed by atoms with Crippen molar-refractivity contribution in [2.45, 2.75) is 26.5 Å². The third-order valence-corrected chi connectivity index (χ3v) is 4.84. The fourth-order valence-corrected chi connectivity index (χ4v) is 2.60. The highest BCUT2D eigenvalue weighted by Gasteiger charge is 2.54. The molecule has 2 rings (SSSR count). The standard InChI is InChI=1S/C15H14Cl6N2O2/c16-14(17,18)11(22)24-8-13(6-7-13)10(9-4-2-1-3-5-9)25-12(23)15(19,20)21/h1-5,10,22-23H,6-8H2. The monoisotopic (exact) mass is 464 g/mol. The smallest absolute Gasteiger partial charge is 0.265 e. The molecule has 1 unspecified atom stereocenters. The van der Waals surface area contributed by atoms with E-state index in [2.05, 4.69) is 0 Å². The summed E-state index contributed by atoms with van der Waals surface area (Å²) in [6, 6.07) is 9.22. The Labute approximate surface area is 175 Å². The maximum absolute atomic E-state index is 7.88. The third-order valence-electron chi connectivity index (χ3n) is 3.81. The molecule has 25 heavy (non-hydrogen) atoms. The molecule has 10 heteroatoms. The van der Waals surface area contributed by atoms with Gasteiger partial charge in [-0.05, 0) is 18.4 Å². The molecule has 1 saturated carbocycles. The molecule has 1 aromatic carbocycles. The highest BCUT2D eigenvalue weighted by atomic mass is 35.6. The molecule has 1 aliphatic carbocycles. The molecule has 0 amide bonds. The normalized spacial score (nSPS) is 17.5. The Bertz CT molecular complexity index is 638. The molecule has 2 N–H and O–H groups in total. The lowest BCUT2D eigenvalue weighted by Crippen LogP contribution is -2.32. The lowest BCUT2D eigenvalue weighted by atomic mass is 9.93. The SMILES string of the molecule is N=C(OCC1(C(OC(=N)C(Cl)(Cl)Cl)c2ccccc2)CC1)C(Cl)(Cl)Cl. The molecule has 4 nitrogen and oxygen atoms in total. The second kappa shape index (κ2) is 7.87. The minimum atomic E-state index is -1.98. The minimum absolute atomic E-state index is 0.0758. The van der Waals surface area contributed by atoms with Gasteiger partial charge in [0.05, 0.1) is 6.61 Å². The van der Waals surface area contributed by atoms with Crippen LogP contribution in [0.2, 0.25) is 0 Å². The first-order valence-electron chi connectivity index (χ1n) is 7.12. The predicted molar refractivity (Wildman–Crippen MR) is 104 cm³/mol. The van der Waals surface area contributed by atoms with Crippen LogP contribution in [-0.2, 0) is 9.47 Å². The van der Waals surface area contributed by atoms with E-state index in [-0.39, 0.29) is 6.61 Å². The molecule has 1 aliphatic rings. The van der Waals surface area contributed by atoms with Gasteiger partial charge >= 0.3 is 0 Å². The molecule has 0 radical (unpaired) electrons. The first-order chi connectivity index (χ1) is 11.5. The van der Waals surface area contributed by atoms with E-state index in [9.17, 15) is 0 Å². The van der Waals surface area contributed by atoms with Gasteiger partial charge in [0.25, 0.3) is 7.59 Å². The highest BCUT2D eigenvalue weighted by Crippen LogP contribution is 2.57. The molecule has 1 fully saturated rings. The van der Waals surface area contributed by atoms with E-state index < -0.39 is 30.9 Å². The molecule has 0 saturated heterocycles.